The van der Waals surface area contributed by atoms with Crippen molar-refractivity contribution in [1.82, 2.24) is 15.1 Å². The number of ether oxygens (including phenoxy) is 1. The molecule has 5 nitrogen and oxygen atoms in total. The minimum absolute atomic E-state index is 0.181. The van der Waals surface area contributed by atoms with E-state index in [1.54, 1.807) is 0 Å². The molecule has 1 atom stereocenters. The summed E-state index contributed by atoms with van der Waals surface area (Å²) in [6.07, 6.45) is -0.181. The van der Waals surface area contributed by atoms with E-state index in [1.807, 2.05) is 11.8 Å². The Morgan fingerprint density at radius 3 is 2.81 bits per heavy atom. The second-order valence-electron chi connectivity index (χ2n) is 5.57. The number of nitrogens with one attached hydrogen (secondary N) is 1. The van der Waals surface area contributed by atoms with E-state index < -0.39 is 0 Å². The van der Waals surface area contributed by atoms with E-state index in [9.17, 15) is 4.79 Å². The molecule has 3 rings (SSSR count). The van der Waals surface area contributed by atoms with Gasteiger partial charge in [-0.1, -0.05) is 24.3 Å². The number of fused-ring (bicyclic) bond motifs is 1. The lowest BCUT2D eigenvalue weighted by Gasteiger charge is -2.41. The predicted molar refractivity (Wildman–Crippen MR) is 81.1 cm³/mol. The van der Waals surface area contributed by atoms with Crippen molar-refractivity contribution in [3.63, 3.8) is 0 Å². The Hall–Kier alpha value is -1.59. The molecule has 5 heteroatoms. The summed E-state index contributed by atoms with van der Waals surface area (Å²) >= 11 is 0. The van der Waals surface area contributed by atoms with Gasteiger partial charge < -0.3 is 15.0 Å². The summed E-state index contributed by atoms with van der Waals surface area (Å²) in [5, 5.41) is 3.50. The van der Waals surface area contributed by atoms with E-state index in [2.05, 4.69) is 34.5 Å². The first kappa shape index (κ1) is 14.4. The van der Waals surface area contributed by atoms with Crippen molar-refractivity contribution in [2.75, 3.05) is 39.3 Å². The molecule has 1 N–H and O–H groups in total. The van der Waals surface area contributed by atoms with Gasteiger partial charge in [0.2, 0.25) is 0 Å². The van der Waals surface area contributed by atoms with E-state index in [0.29, 0.717) is 12.6 Å². The molecule has 0 aromatic heterocycles. The molecule has 1 aromatic carbocycles. The van der Waals surface area contributed by atoms with Crippen molar-refractivity contribution in [2.45, 2.75) is 19.5 Å². The topological polar surface area (TPSA) is 44.8 Å². The summed E-state index contributed by atoms with van der Waals surface area (Å²) in [4.78, 5) is 16.0. The van der Waals surface area contributed by atoms with E-state index in [0.717, 1.165) is 39.3 Å². The molecule has 2 aliphatic rings. The lowest BCUT2D eigenvalue weighted by atomic mass is 9.95. The highest BCUT2D eigenvalue weighted by Gasteiger charge is 2.29. The number of hydrogen-bond acceptors (Lipinski definition) is 4. The van der Waals surface area contributed by atoms with E-state index in [-0.39, 0.29) is 6.09 Å². The maximum Gasteiger partial charge on any atom is 0.409 e. The highest BCUT2D eigenvalue weighted by atomic mass is 16.6. The molecule has 0 radical (unpaired) electrons. The van der Waals surface area contributed by atoms with Crippen LogP contribution >= 0.6 is 0 Å². The van der Waals surface area contributed by atoms with Gasteiger partial charge in [0.1, 0.15) is 0 Å². The first-order valence-electron chi connectivity index (χ1n) is 7.74. The molecule has 0 bridgehead atoms. The van der Waals surface area contributed by atoms with Gasteiger partial charge in [-0.25, -0.2) is 4.79 Å². The summed E-state index contributed by atoms with van der Waals surface area (Å²) in [5.41, 5.74) is 2.82. The van der Waals surface area contributed by atoms with Gasteiger partial charge in [0.05, 0.1) is 6.61 Å². The third-order valence-corrected chi connectivity index (χ3v) is 4.35. The number of rotatable bonds is 2. The number of amides is 1. The smallest absolute Gasteiger partial charge is 0.409 e. The minimum atomic E-state index is -0.181. The van der Waals surface area contributed by atoms with Gasteiger partial charge in [0.15, 0.2) is 0 Å². The first-order valence-corrected chi connectivity index (χ1v) is 7.74. The average molecular weight is 289 g/mol. The molecule has 1 unspecified atom stereocenters. The molecule has 1 saturated heterocycles. The Morgan fingerprint density at radius 2 is 2.05 bits per heavy atom. The third-order valence-electron chi connectivity index (χ3n) is 4.35. The number of benzene rings is 1. The number of nitrogens with zero attached hydrogens (tertiary/aromatic N) is 2. The zero-order valence-corrected chi connectivity index (χ0v) is 12.5. The van der Waals surface area contributed by atoms with Crippen molar-refractivity contribution < 1.29 is 9.53 Å². The van der Waals surface area contributed by atoms with Crippen LogP contribution in [0, 0.1) is 0 Å². The summed E-state index contributed by atoms with van der Waals surface area (Å²) in [6, 6.07) is 9.06. The fraction of sp³-hybridized carbons (Fsp3) is 0.562. The van der Waals surface area contributed by atoms with Crippen LogP contribution in [0.3, 0.4) is 0 Å². The Labute approximate surface area is 125 Å². The van der Waals surface area contributed by atoms with Crippen LogP contribution in [0.2, 0.25) is 0 Å². The van der Waals surface area contributed by atoms with Gasteiger partial charge in [-0.05, 0) is 18.1 Å². The van der Waals surface area contributed by atoms with Crippen molar-refractivity contribution in [3.05, 3.63) is 35.4 Å². The van der Waals surface area contributed by atoms with Crippen LogP contribution in [0.5, 0.6) is 0 Å². The van der Waals surface area contributed by atoms with E-state index >= 15 is 0 Å². The van der Waals surface area contributed by atoms with Crippen LogP contribution in [0.15, 0.2) is 24.3 Å². The van der Waals surface area contributed by atoms with Crippen LogP contribution < -0.4 is 5.32 Å². The Morgan fingerprint density at radius 1 is 1.29 bits per heavy atom. The van der Waals surface area contributed by atoms with Crippen molar-refractivity contribution in [2.24, 2.45) is 0 Å². The summed E-state index contributed by atoms with van der Waals surface area (Å²) in [7, 11) is 0. The first-order chi connectivity index (χ1) is 10.3. The molecule has 2 aliphatic heterocycles. The van der Waals surface area contributed by atoms with Crippen molar-refractivity contribution >= 4 is 6.09 Å². The summed E-state index contributed by atoms with van der Waals surface area (Å²) < 4.78 is 5.07. The van der Waals surface area contributed by atoms with Gasteiger partial charge in [-0.3, -0.25) is 4.90 Å². The quantitative estimate of drug-likeness (QED) is 0.898. The number of hydrogen-bond donors (Lipinski definition) is 1. The monoisotopic (exact) mass is 289 g/mol. The fourth-order valence-electron chi connectivity index (χ4n) is 3.23. The number of piperazine rings is 1. The maximum atomic E-state index is 11.8. The average Bonchev–Trinajstić information content (AvgIpc) is 2.55. The van der Waals surface area contributed by atoms with Crippen LogP contribution in [-0.4, -0.2) is 55.2 Å². The maximum absolute atomic E-state index is 11.8. The van der Waals surface area contributed by atoms with Crippen LogP contribution in [0.1, 0.15) is 24.1 Å². The van der Waals surface area contributed by atoms with Crippen molar-refractivity contribution in [1.29, 1.82) is 0 Å². The zero-order chi connectivity index (χ0) is 14.7. The molecule has 0 saturated carbocycles. The van der Waals surface area contributed by atoms with Crippen molar-refractivity contribution in [3.8, 4) is 0 Å². The molecule has 0 spiro atoms. The number of carbonyl (C=O) groups excluding carboxylic acids is 1. The van der Waals surface area contributed by atoms with Crippen LogP contribution in [0.4, 0.5) is 4.79 Å². The third kappa shape index (κ3) is 3.04. The number of carbonyl (C=O) groups is 1. The van der Waals surface area contributed by atoms with Gasteiger partial charge in [-0.2, -0.15) is 0 Å². The SMILES string of the molecule is CCOC(=O)N1CCN(C2CNCc3ccccc32)CC1. The highest BCUT2D eigenvalue weighted by molar-refractivity contribution is 5.67. The molecule has 1 amide bonds. The summed E-state index contributed by atoms with van der Waals surface area (Å²) in [6.45, 7) is 7.53. The molecule has 1 aromatic rings. The summed E-state index contributed by atoms with van der Waals surface area (Å²) in [5.74, 6) is 0. The lowest BCUT2D eigenvalue weighted by molar-refractivity contribution is 0.0642. The molecule has 0 aliphatic carbocycles. The zero-order valence-electron chi connectivity index (χ0n) is 12.5. The molecular formula is C16H23N3O2. The van der Waals surface area contributed by atoms with Gasteiger partial charge in [-0.15, -0.1) is 0 Å². The largest absolute Gasteiger partial charge is 0.450 e. The molecule has 1 fully saturated rings. The Balaban J connectivity index is 1.64. The van der Waals surface area contributed by atoms with Crippen LogP contribution in [-0.2, 0) is 11.3 Å². The molecule has 21 heavy (non-hydrogen) atoms. The van der Waals surface area contributed by atoms with Gasteiger partial charge in [0.25, 0.3) is 0 Å². The minimum Gasteiger partial charge on any atom is -0.450 e. The second kappa shape index (κ2) is 6.45. The normalized spacial score (nSPS) is 22.7. The standard InChI is InChI=1S/C16H23N3O2/c1-2-21-16(20)19-9-7-18(8-10-19)15-12-17-11-13-5-3-4-6-14(13)15/h3-6,15,17H,2,7-12H2,1H3. The van der Waals surface area contributed by atoms with Gasteiger partial charge in [0, 0.05) is 45.3 Å². The van der Waals surface area contributed by atoms with Gasteiger partial charge >= 0.3 is 6.09 Å². The fourth-order valence-corrected chi connectivity index (χ4v) is 3.23. The molecule has 2 heterocycles. The molecular weight excluding hydrogens is 266 g/mol. The van der Waals surface area contributed by atoms with E-state index in [4.69, 9.17) is 4.74 Å². The van der Waals surface area contributed by atoms with E-state index in [1.165, 1.54) is 11.1 Å². The second-order valence-corrected chi connectivity index (χ2v) is 5.57. The highest BCUT2D eigenvalue weighted by Crippen LogP contribution is 2.27. The Kier molecular flexibility index (Phi) is 4.41. The molecule has 114 valence electrons. The lowest BCUT2D eigenvalue weighted by Crippen LogP contribution is -2.52. The predicted octanol–water partition coefficient (Wildman–Crippen LogP) is 1.60. The van der Waals surface area contributed by atoms with Crippen LogP contribution in [0.25, 0.3) is 0 Å². The Bertz CT molecular complexity index is 498.